The van der Waals surface area contributed by atoms with Crippen LogP contribution in [0.4, 0.5) is 4.79 Å². The molecule has 6 rings (SSSR count). The lowest BCUT2D eigenvalue weighted by atomic mass is 9.46. The number of carbonyl (C=O) groups is 3. The van der Waals surface area contributed by atoms with Gasteiger partial charge in [-0.2, -0.15) is 0 Å². The third kappa shape index (κ3) is 4.69. The summed E-state index contributed by atoms with van der Waals surface area (Å²) in [5.74, 6) is 2.86. The number of ether oxygens (including phenoxy) is 1. The van der Waals surface area contributed by atoms with Crippen LogP contribution in [0.2, 0.25) is 0 Å². The molecular formula is C31H45N3O5. The minimum Gasteiger partial charge on any atom is -0.377 e. The molecule has 0 radical (unpaired) electrons. The van der Waals surface area contributed by atoms with Gasteiger partial charge < -0.3 is 10.1 Å². The summed E-state index contributed by atoms with van der Waals surface area (Å²) in [7, 11) is 0. The van der Waals surface area contributed by atoms with Crippen molar-refractivity contribution in [2.75, 3.05) is 26.3 Å². The van der Waals surface area contributed by atoms with Crippen LogP contribution in [0, 0.1) is 34.5 Å². The summed E-state index contributed by atoms with van der Waals surface area (Å²) in [6.07, 6.45) is 11.3. The molecule has 0 aromatic rings. The number of fused-ring (bicyclic) bond motifs is 5. The lowest BCUT2D eigenvalue weighted by Crippen LogP contribution is -2.53. The topological polar surface area (TPSA) is 97.3 Å². The van der Waals surface area contributed by atoms with Crippen LogP contribution in [0.15, 0.2) is 16.8 Å². The maximum atomic E-state index is 13.1. The van der Waals surface area contributed by atoms with Crippen molar-refractivity contribution in [1.29, 1.82) is 0 Å². The summed E-state index contributed by atoms with van der Waals surface area (Å²) in [4.78, 5) is 44.6. The largest absolute Gasteiger partial charge is 0.436 e. The number of oxime groups is 1. The highest BCUT2D eigenvalue weighted by atomic mass is 16.7. The Morgan fingerprint density at radius 3 is 2.64 bits per heavy atom. The number of amides is 1. The van der Waals surface area contributed by atoms with Crippen molar-refractivity contribution >= 4 is 23.4 Å². The molecular weight excluding hydrogens is 494 g/mol. The fourth-order valence-corrected chi connectivity index (χ4v) is 9.49. The second-order valence-electron chi connectivity index (χ2n) is 13.6. The Morgan fingerprint density at radius 2 is 1.92 bits per heavy atom. The van der Waals surface area contributed by atoms with Crippen molar-refractivity contribution in [3.63, 3.8) is 0 Å². The van der Waals surface area contributed by atoms with Gasteiger partial charge in [-0.3, -0.25) is 19.3 Å². The van der Waals surface area contributed by atoms with Crippen molar-refractivity contribution in [3.8, 4) is 0 Å². The van der Waals surface area contributed by atoms with E-state index in [9.17, 15) is 14.4 Å². The second kappa shape index (κ2) is 10.4. The van der Waals surface area contributed by atoms with Gasteiger partial charge in [0.25, 0.3) is 0 Å². The van der Waals surface area contributed by atoms with Crippen molar-refractivity contribution in [3.05, 3.63) is 11.6 Å². The zero-order chi connectivity index (χ0) is 27.4. The van der Waals surface area contributed by atoms with Crippen molar-refractivity contribution in [2.45, 2.75) is 97.1 Å². The van der Waals surface area contributed by atoms with Crippen LogP contribution in [-0.4, -0.2) is 66.7 Å². The zero-order valence-corrected chi connectivity index (χ0v) is 23.9. The van der Waals surface area contributed by atoms with E-state index in [-0.39, 0.29) is 28.7 Å². The van der Waals surface area contributed by atoms with E-state index in [0.717, 1.165) is 31.4 Å². The third-order valence-electron chi connectivity index (χ3n) is 11.8. The maximum Gasteiger partial charge on any atom is 0.436 e. The molecule has 214 valence electrons. The summed E-state index contributed by atoms with van der Waals surface area (Å²) in [5, 5.41) is 7.67. The highest BCUT2D eigenvalue weighted by Crippen LogP contribution is 2.66. The molecule has 1 unspecified atom stereocenters. The second-order valence-corrected chi connectivity index (χ2v) is 13.6. The number of allylic oxidation sites excluding steroid dienone is 1. The van der Waals surface area contributed by atoms with Gasteiger partial charge in [0.1, 0.15) is 0 Å². The molecule has 0 spiro atoms. The molecule has 2 heterocycles. The fourth-order valence-electron chi connectivity index (χ4n) is 9.49. The lowest BCUT2D eigenvalue weighted by Gasteiger charge is -2.58. The average molecular weight is 540 g/mol. The van der Waals surface area contributed by atoms with Crippen LogP contribution < -0.4 is 5.32 Å². The van der Waals surface area contributed by atoms with Crippen molar-refractivity contribution < 1.29 is 24.0 Å². The third-order valence-corrected chi connectivity index (χ3v) is 11.8. The smallest absolute Gasteiger partial charge is 0.377 e. The van der Waals surface area contributed by atoms with Crippen LogP contribution in [0.1, 0.15) is 85.0 Å². The molecule has 3 saturated carbocycles. The summed E-state index contributed by atoms with van der Waals surface area (Å²) in [5.41, 5.74) is 2.69. The summed E-state index contributed by atoms with van der Waals surface area (Å²) in [6, 6.07) is -0.199. The number of Topliss-reactive ketones (excluding diaryl/α,β-unsaturated/α-hetero) is 1. The summed E-state index contributed by atoms with van der Waals surface area (Å²) >= 11 is 0. The molecule has 0 aromatic heterocycles. The SMILES string of the molecule is C/C(=N\OC(=O)N(CCC1NCCC1=O)C1COC1)[C@H]1CC[C@H]2[C@@H]3CCC4=CC(=O)CC[C@]4(C)[C@H]3CC[C@]12C. The fraction of sp³-hybridized carbons (Fsp3) is 0.806. The van der Waals surface area contributed by atoms with Gasteiger partial charge in [0, 0.05) is 31.8 Å². The van der Waals surface area contributed by atoms with E-state index in [4.69, 9.17) is 9.57 Å². The number of rotatable bonds is 6. The van der Waals surface area contributed by atoms with Crippen LogP contribution in [0.5, 0.6) is 0 Å². The zero-order valence-electron chi connectivity index (χ0n) is 23.9. The molecule has 5 fully saturated rings. The van der Waals surface area contributed by atoms with Gasteiger partial charge in [0.15, 0.2) is 11.6 Å². The van der Waals surface area contributed by atoms with Crippen molar-refractivity contribution in [2.24, 2.45) is 39.7 Å². The molecule has 2 aliphatic heterocycles. The number of nitrogens with zero attached hydrogens (tertiary/aromatic N) is 2. The highest BCUT2D eigenvalue weighted by Gasteiger charge is 2.59. The molecule has 8 heteroatoms. The van der Waals surface area contributed by atoms with Gasteiger partial charge >= 0.3 is 6.09 Å². The first-order valence-electron chi connectivity index (χ1n) is 15.3. The molecule has 6 aliphatic rings. The Bertz CT molecular complexity index is 1080. The number of hydrogen-bond acceptors (Lipinski definition) is 7. The van der Waals surface area contributed by atoms with E-state index in [2.05, 4.69) is 24.3 Å². The predicted molar refractivity (Wildman–Crippen MR) is 147 cm³/mol. The van der Waals surface area contributed by atoms with Crippen molar-refractivity contribution in [1.82, 2.24) is 10.2 Å². The maximum absolute atomic E-state index is 13.1. The molecule has 0 aromatic carbocycles. The Balaban J connectivity index is 1.11. The predicted octanol–water partition coefficient (Wildman–Crippen LogP) is 4.67. The number of ketones is 2. The molecule has 0 bridgehead atoms. The Hall–Kier alpha value is -2.06. The van der Waals surface area contributed by atoms with E-state index in [1.54, 1.807) is 4.90 Å². The Kier molecular flexibility index (Phi) is 7.24. The van der Waals surface area contributed by atoms with Crippen LogP contribution in [0.3, 0.4) is 0 Å². The quantitative estimate of drug-likeness (QED) is 0.299. The molecule has 4 aliphatic carbocycles. The van der Waals surface area contributed by atoms with Gasteiger partial charge in [-0.25, -0.2) is 4.79 Å². The van der Waals surface area contributed by atoms with E-state index in [0.29, 0.717) is 75.0 Å². The Morgan fingerprint density at radius 1 is 1.10 bits per heavy atom. The summed E-state index contributed by atoms with van der Waals surface area (Å²) in [6.45, 7) is 9.08. The average Bonchev–Trinajstić information content (AvgIpc) is 3.46. The molecule has 1 amide bonds. The number of nitrogens with one attached hydrogen (secondary N) is 1. The minimum absolute atomic E-state index is 0.0187. The molecule has 1 N–H and O–H groups in total. The van der Waals surface area contributed by atoms with Crippen LogP contribution in [0.25, 0.3) is 0 Å². The van der Waals surface area contributed by atoms with Crippen LogP contribution in [-0.2, 0) is 19.2 Å². The van der Waals surface area contributed by atoms with Gasteiger partial charge in [-0.1, -0.05) is 24.6 Å². The first-order chi connectivity index (χ1) is 18.7. The lowest BCUT2D eigenvalue weighted by molar-refractivity contribution is -0.119. The minimum atomic E-state index is -0.442. The first-order valence-corrected chi connectivity index (χ1v) is 15.3. The first kappa shape index (κ1) is 27.1. The molecule has 39 heavy (non-hydrogen) atoms. The van der Waals surface area contributed by atoms with Gasteiger partial charge in [0.05, 0.1) is 31.0 Å². The normalized spacial score (nSPS) is 40.3. The van der Waals surface area contributed by atoms with Crippen LogP contribution >= 0.6 is 0 Å². The monoisotopic (exact) mass is 539 g/mol. The van der Waals surface area contributed by atoms with Gasteiger partial charge in [-0.05, 0) is 93.0 Å². The highest BCUT2D eigenvalue weighted by molar-refractivity contribution is 5.91. The standard InChI is InChI=1S/C31H45N3O5/c1-19(33-39-29(37)34(21-17-38-18-21)15-11-27-28(36)10-14-32-27)24-6-7-25-23-5-4-20-16-22(35)8-12-30(20,2)26(23)9-13-31(24,25)3/h16,21,23-27,32H,4-15,17-18H2,1-3H3/b33-19+/t23-,24+,25-,26-,27?,30-,31+/m0/s1. The number of carbonyl (C=O) groups excluding carboxylic acids is 3. The van der Waals surface area contributed by atoms with E-state index in [1.165, 1.54) is 24.8 Å². The Labute approximate surface area is 232 Å². The van der Waals surface area contributed by atoms with E-state index >= 15 is 0 Å². The molecule has 8 nitrogen and oxygen atoms in total. The molecule has 7 atom stereocenters. The summed E-state index contributed by atoms with van der Waals surface area (Å²) < 4.78 is 5.34. The molecule has 2 saturated heterocycles. The number of hydrogen-bond donors (Lipinski definition) is 1. The van der Waals surface area contributed by atoms with Gasteiger partial charge in [-0.15, -0.1) is 0 Å². The van der Waals surface area contributed by atoms with E-state index in [1.807, 2.05) is 13.0 Å². The van der Waals surface area contributed by atoms with Gasteiger partial charge in [0.2, 0.25) is 0 Å². The van der Waals surface area contributed by atoms with E-state index < -0.39 is 6.09 Å².